The number of hydrogen-bond acceptors (Lipinski definition) is 20. The number of aliphatic hydroxyl groups excluding tert-OH is 1. The van der Waals surface area contributed by atoms with Crippen molar-refractivity contribution in [2.75, 3.05) is 30.4 Å². The Morgan fingerprint density at radius 2 is 1.42 bits per heavy atom. The predicted molar refractivity (Wildman–Crippen MR) is 139 cm³/mol. The van der Waals surface area contributed by atoms with Crippen molar-refractivity contribution in [1.29, 1.82) is 0 Å². The second kappa shape index (κ2) is 10.8. The third kappa shape index (κ3) is 5.30. The Labute approximate surface area is 249 Å². The fourth-order valence-electron chi connectivity index (χ4n) is 5.26. The molecule has 0 saturated carbocycles. The van der Waals surface area contributed by atoms with Crippen LogP contribution in [0.25, 0.3) is 22.3 Å². The van der Waals surface area contributed by atoms with Crippen LogP contribution in [0.5, 0.6) is 0 Å². The molecule has 242 valence electrons. The van der Waals surface area contributed by atoms with E-state index >= 15 is 4.39 Å². The lowest BCUT2D eigenvalue weighted by molar-refractivity contribution is -0.240. The van der Waals surface area contributed by atoms with Gasteiger partial charge >= 0.3 is 0 Å². The first-order valence-corrected chi connectivity index (χ1v) is 15.8. The van der Waals surface area contributed by atoms with E-state index in [1.807, 2.05) is 0 Å². The van der Waals surface area contributed by atoms with Gasteiger partial charge in [0.15, 0.2) is 41.6 Å². The molecule has 3 aliphatic heterocycles. The van der Waals surface area contributed by atoms with Gasteiger partial charge in [0.2, 0.25) is 5.95 Å². The quantitative estimate of drug-likeness (QED) is 0.162. The molecule has 0 aromatic carbocycles. The number of nitrogen functional groups attached to an aromatic ring is 3. The van der Waals surface area contributed by atoms with Gasteiger partial charge < -0.3 is 59.7 Å². The average Bonchev–Trinajstić information content (AvgIpc) is 3.72. The summed E-state index contributed by atoms with van der Waals surface area (Å²) in [4.78, 5) is 49.7. The number of phosphoric acid groups is 2. The minimum atomic E-state index is -5.39. The van der Waals surface area contributed by atoms with Gasteiger partial charge in [0.05, 0.1) is 25.9 Å². The van der Waals surface area contributed by atoms with Crippen LogP contribution in [0.15, 0.2) is 19.0 Å². The number of hydrogen-bond donors (Lipinski definition) is 4. The van der Waals surface area contributed by atoms with Crippen LogP contribution >= 0.6 is 15.6 Å². The van der Waals surface area contributed by atoms with Gasteiger partial charge in [0, 0.05) is 0 Å². The maximum atomic E-state index is 15.8. The van der Waals surface area contributed by atoms with Crippen molar-refractivity contribution in [2.24, 2.45) is 0 Å². The van der Waals surface area contributed by atoms with Crippen LogP contribution in [0.4, 0.5) is 22.0 Å². The van der Waals surface area contributed by atoms with Crippen LogP contribution in [-0.2, 0) is 36.7 Å². The lowest BCUT2D eigenvalue weighted by atomic mass is 10.1. The first kappa shape index (κ1) is 30.2. The average molecular weight is 673 g/mol. The molecule has 7 heterocycles. The third-order valence-electron chi connectivity index (χ3n) is 7.28. The molecule has 0 radical (unpaired) electrons. The summed E-state index contributed by atoms with van der Waals surface area (Å²) in [6, 6.07) is 0. The summed E-state index contributed by atoms with van der Waals surface area (Å²) in [6.45, 7) is -1.90. The first-order valence-electron chi connectivity index (χ1n) is 12.9. The molecule has 4 aromatic heterocycles. The zero-order valence-corrected chi connectivity index (χ0v) is 24.2. The van der Waals surface area contributed by atoms with E-state index in [1.54, 1.807) is 0 Å². The molecular formula is C20H22FN11O11P2-2. The second-order valence-electron chi connectivity index (χ2n) is 10.1. The minimum absolute atomic E-state index is 0.0170. The number of fused-ring (bicyclic) bond motifs is 5. The summed E-state index contributed by atoms with van der Waals surface area (Å²) in [6.07, 6.45) is -10.8. The fraction of sp³-hybridized carbons (Fsp3) is 0.500. The van der Waals surface area contributed by atoms with Crippen molar-refractivity contribution in [3.8, 4) is 0 Å². The number of rotatable bonds is 2. The maximum Gasteiger partial charge on any atom is 0.268 e. The summed E-state index contributed by atoms with van der Waals surface area (Å²) in [5.41, 5.74) is 17.5. The molecule has 0 amide bonds. The number of aromatic nitrogens is 8. The first-order chi connectivity index (χ1) is 21.3. The fourth-order valence-corrected chi connectivity index (χ4v) is 7.12. The Kier molecular flexibility index (Phi) is 7.26. The van der Waals surface area contributed by atoms with Gasteiger partial charge in [-0.1, -0.05) is 0 Å². The van der Waals surface area contributed by atoms with Crippen LogP contribution in [0.1, 0.15) is 12.5 Å². The molecule has 3 fully saturated rings. The highest BCUT2D eigenvalue weighted by Crippen LogP contribution is 2.51. The van der Waals surface area contributed by atoms with E-state index in [1.165, 1.54) is 0 Å². The standard InChI is InChI=1S/C20H24FN11O11P2/c21-8-12-7(41-18(8)31-4-27-9-14(22)25-3-26-16(9)31)2-39-45(36,37)43-13-11(33)6(1-38-44(34,35)42-12)40-19(13)32-5-28-10-15(23)29-20(24)30-17(10)32/h3-8,11-13,18-19,33H,1-2H2,(H,34,35)(H,36,37)(H2,22,25,26)(H4,23,24,29,30)/p-2/t6-,7-,8?,11?,12+,13+,18-,19-/m1/s1. The lowest BCUT2D eigenvalue weighted by Crippen LogP contribution is -2.36. The van der Waals surface area contributed by atoms with E-state index in [4.69, 9.17) is 44.8 Å². The van der Waals surface area contributed by atoms with E-state index < -0.39 is 78.0 Å². The molecule has 22 nitrogen and oxygen atoms in total. The molecule has 25 heteroatoms. The highest BCUT2D eigenvalue weighted by molar-refractivity contribution is 7.46. The molecule has 2 bridgehead atoms. The van der Waals surface area contributed by atoms with E-state index in [0.717, 1.165) is 28.1 Å². The number of imidazole rings is 2. The number of phosphoric ester groups is 2. The normalized spacial score (nSPS) is 37.7. The highest BCUT2D eigenvalue weighted by Gasteiger charge is 2.52. The molecule has 3 saturated heterocycles. The van der Waals surface area contributed by atoms with Gasteiger partial charge in [-0.3, -0.25) is 18.3 Å². The van der Waals surface area contributed by atoms with Crippen LogP contribution in [-0.4, -0.2) is 94.0 Å². The number of nitrogens with two attached hydrogens (primary N) is 3. The molecule has 4 unspecified atom stereocenters. The van der Waals surface area contributed by atoms with Crippen molar-refractivity contribution < 1.29 is 56.0 Å². The third-order valence-corrected chi connectivity index (χ3v) is 9.21. The van der Waals surface area contributed by atoms with Crippen LogP contribution in [0.2, 0.25) is 0 Å². The minimum Gasteiger partial charge on any atom is -0.756 e. The topological polar surface area (TPSA) is 321 Å². The van der Waals surface area contributed by atoms with Gasteiger partial charge in [-0.2, -0.15) is 9.97 Å². The Hall–Kier alpha value is -3.47. The van der Waals surface area contributed by atoms with Crippen molar-refractivity contribution in [3.63, 3.8) is 0 Å². The smallest absolute Gasteiger partial charge is 0.268 e. The van der Waals surface area contributed by atoms with Crippen molar-refractivity contribution in [1.82, 2.24) is 39.0 Å². The maximum absolute atomic E-state index is 15.8. The zero-order valence-electron chi connectivity index (χ0n) is 22.4. The largest absolute Gasteiger partial charge is 0.756 e. The molecule has 10 atom stereocenters. The van der Waals surface area contributed by atoms with Crippen molar-refractivity contribution >= 4 is 55.6 Å². The summed E-state index contributed by atoms with van der Waals surface area (Å²) in [5.74, 6) is -0.374. The number of nitrogens with zero attached hydrogens (tertiary/aromatic N) is 8. The molecule has 4 aromatic rings. The predicted octanol–water partition coefficient (Wildman–Crippen LogP) is -2.34. The SMILES string of the molecule is Nc1nc(N)c2ncn([C@@H]3O[C@@H]4COP(=O)([O-])O[C@@H]5C(F)[C@H](n6cnc7c(N)ncnc76)O[C@@H]5COP(=O)([O-])O[C@H]3C4O)c2n1. The Balaban J connectivity index is 1.20. The van der Waals surface area contributed by atoms with Crippen LogP contribution in [0.3, 0.4) is 0 Å². The van der Waals surface area contributed by atoms with Crippen LogP contribution in [0, 0.1) is 0 Å². The molecule has 7 rings (SSSR count). The number of alkyl halides is 1. The molecule has 3 aliphatic rings. The van der Waals surface area contributed by atoms with Gasteiger partial charge in [0.25, 0.3) is 15.6 Å². The second-order valence-corrected chi connectivity index (χ2v) is 12.8. The van der Waals surface area contributed by atoms with E-state index in [0.29, 0.717) is 0 Å². The summed E-state index contributed by atoms with van der Waals surface area (Å²) in [7, 11) is -10.8. The number of anilines is 3. The summed E-state index contributed by atoms with van der Waals surface area (Å²) >= 11 is 0. The van der Waals surface area contributed by atoms with Crippen molar-refractivity contribution in [3.05, 3.63) is 19.0 Å². The monoisotopic (exact) mass is 673 g/mol. The molecule has 0 spiro atoms. The Morgan fingerprint density at radius 1 is 0.822 bits per heavy atom. The summed E-state index contributed by atoms with van der Waals surface area (Å²) in [5, 5.41) is 11.0. The lowest BCUT2D eigenvalue weighted by Gasteiger charge is -2.32. The van der Waals surface area contributed by atoms with E-state index in [9.17, 15) is 24.0 Å². The van der Waals surface area contributed by atoms with Gasteiger partial charge in [-0.15, -0.1) is 0 Å². The zero-order chi connectivity index (χ0) is 31.8. The number of ether oxygens (including phenoxy) is 2. The summed E-state index contributed by atoms with van der Waals surface area (Å²) < 4.78 is 75.6. The van der Waals surface area contributed by atoms with Crippen LogP contribution < -0.4 is 27.0 Å². The number of halogens is 1. The molecule has 7 N–H and O–H groups in total. The molecular weight excluding hydrogens is 651 g/mol. The van der Waals surface area contributed by atoms with Gasteiger partial charge in [-0.05, 0) is 0 Å². The van der Waals surface area contributed by atoms with Gasteiger partial charge in [0.1, 0.15) is 47.9 Å². The Morgan fingerprint density at radius 3 is 2.13 bits per heavy atom. The highest BCUT2D eigenvalue weighted by atomic mass is 31.2. The number of aliphatic hydroxyl groups is 1. The van der Waals surface area contributed by atoms with Gasteiger partial charge in [-0.25, -0.2) is 24.3 Å². The molecule has 0 aliphatic carbocycles. The van der Waals surface area contributed by atoms with Crippen molar-refractivity contribution in [2.45, 2.75) is 49.1 Å². The van der Waals surface area contributed by atoms with E-state index in [2.05, 4.69) is 29.9 Å². The van der Waals surface area contributed by atoms with E-state index in [-0.39, 0.29) is 39.9 Å². The molecule has 45 heavy (non-hydrogen) atoms. The Bertz CT molecular complexity index is 1880.